The summed E-state index contributed by atoms with van der Waals surface area (Å²) in [6, 6.07) is 14.5. The highest BCUT2D eigenvalue weighted by Gasteiger charge is 2.15. The van der Waals surface area contributed by atoms with Crippen LogP contribution in [0.5, 0.6) is 0 Å². The zero-order valence-corrected chi connectivity index (χ0v) is 13.7. The average Bonchev–Trinajstić information content (AvgIpc) is 2.55. The molecule has 0 radical (unpaired) electrons. The van der Waals surface area contributed by atoms with Crippen molar-refractivity contribution in [1.82, 2.24) is 5.32 Å². The first-order valence-electron chi connectivity index (χ1n) is 7.79. The smallest absolute Gasteiger partial charge is 0.255 e. The van der Waals surface area contributed by atoms with Crippen LogP contribution < -0.4 is 10.6 Å². The molecule has 0 fully saturated rings. The fraction of sp³-hybridized carbons (Fsp3) is 0.263. The highest BCUT2D eigenvalue weighted by atomic mass is 16.2. The van der Waals surface area contributed by atoms with Gasteiger partial charge in [-0.15, -0.1) is 0 Å². The number of benzene rings is 2. The molecule has 2 rings (SSSR count). The van der Waals surface area contributed by atoms with E-state index in [9.17, 15) is 9.59 Å². The lowest BCUT2D eigenvalue weighted by Crippen LogP contribution is -2.32. The predicted molar refractivity (Wildman–Crippen MR) is 92.8 cm³/mol. The van der Waals surface area contributed by atoms with Crippen molar-refractivity contribution in [3.05, 3.63) is 65.2 Å². The summed E-state index contributed by atoms with van der Waals surface area (Å²) >= 11 is 0. The van der Waals surface area contributed by atoms with E-state index in [2.05, 4.69) is 10.6 Å². The van der Waals surface area contributed by atoms with Gasteiger partial charge in [0.2, 0.25) is 0 Å². The summed E-state index contributed by atoms with van der Waals surface area (Å²) in [7, 11) is 0. The van der Waals surface area contributed by atoms with E-state index in [-0.39, 0.29) is 17.9 Å². The van der Waals surface area contributed by atoms with E-state index >= 15 is 0 Å². The topological polar surface area (TPSA) is 58.2 Å². The van der Waals surface area contributed by atoms with E-state index in [0.29, 0.717) is 16.8 Å². The first-order valence-corrected chi connectivity index (χ1v) is 7.79. The van der Waals surface area contributed by atoms with Crippen molar-refractivity contribution in [2.45, 2.75) is 33.2 Å². The van der Waals surface area contributed by atoms with Gasteiger partial charge in [0.15, 0.2) is 0 Å². The van der Waals surface area contributed by atoms with Crippen LogP contribution in [0.25, 0.3) is 0 Å². The van der Waals surface area contributed by atoms with Gasteiger partial charge in [-0.3, -0.25) is 9.59 Å². The van der Waals surface area contributed by atoms with Crippen LogP contribution in [-0.4, -0.2) is 17.9 Å². The van der Waals surface area contributed by atoms with Gasteiger partial charge in [-0.2, -0.15) is 0 Å². The normalized spacial score (nSPS) is 11.6. The molecule has 0 aliphatic heterocycles. The van der Waals surface area contributed by atoms with Gasteiger partial charge in [0.1, 0.15) is 0 Å². The molecule has 2 N–H and O–H groups in total. The second-order valence-corrected chi connectivity index (χ2v) is 5.60. The molecule has 0 aliphatic carbocycles. The minimum Gasteiger partial charge on any atom is -0.350 e. The van der Waals surface area contributed by atoms with Gasteiger partial charge in [-0.1, -0.05) is 37.3 Å². The van der Waals surface area contributed by atoms with E-state index in [0.717, 1.165) is 12.0 Å². The summed E-state index contributed by atoms with van der Waals surface area (Å²) in [5, 5.41) is 5.76. The quantitative estimate of drug-likeness (QED) is 0.883. The number of carbonyl (C=O) groups is 2. The molecule has 4 nitrogen and oxygen atoms in total. The van der Waals surface area contributed by atoms with Gasteiger partial charge in [0.25, 0.3) is 11.8 Å². The molecule has 0 aromatic heterocycles. The fourth-order valence-corrected chi connectivity index (χ4v) is 2.21. The second kappa shape index (κ2) is 7.58. The van der Waals surface area contributed by atoms with Gasteiger partial charge in [0.05, 0.1) is 11.3 Å². The summed E-state index contributed by atoms with van der Waals surface area (Å²) < 4.78 is 0. The molecule has 1 unspecified atom stereocenters. The Kier molecular flexibility index (Phi) is 5.52. The minimum absolute atomic E-state index is 0.0858. The van der Waals surface area contributed by atoms with Crippen LogP contribution in [0.4, 0.5) is 5.69 Å². The highest BCUT2D eigenvalue weighted by molar-refractivity contribution is 6.09. The molecule has 120 valence electrons. The lowest BCUT2D eigenvalue weighted by atomic mass is 10.1. The average molecular weight is 310 g/mol. The standard InChI is InChI=1S/C19H22N2O2/c1-4-14(3)20-19(23)16-11-7-8-12-17(16)21-18(22)15-10-6-5-9-13(15)2/h5-12,14H,4H2,1-3H3,(H,20,23)(H,21,22). The van der Waals surface area contributed by atoms with Crippen molar-refractivity contribution >= 4 is 17.5 Å². The zero-order chi connectivity index (χ0) is 16.8. The largest absolute Gasteiger partial charge is 0.350 e. The first-order chi connectivity index (χ1) is 11.0. The SMILES string of the molecule is CCC(C)NC(=O)c1ccccc1NC(=O)c1ccccc1C. The van der Waals surface area contributed by atoms with Crippen molar-refractivity contribution in [1.29, 1.82) is 0 Å². The maximum Gasteiger partial charge on any atom is 0.255 e. The van der Waals surface area contributed by atoms with Crippen molar-refractivity contribution in [3.63, 3.8) is 0 Å². The second-order valence-electron chi connectivity index (χ2n) is 5.60. The molecular weight excluding hydrogens is 288 g/mol. The van der Waals surface area contributed by atoms with Crippen LogP contribution in [0.15, 0.2) is 48.5 Å². The monoisotopic (exact) mass is 310 g/mol. The molecule has 23 heavy (non-hydrogen) atoms. The number of hydrogen-bond donors (Lipinski definition) is 2. The number of hydrogen-bond acceptors (Lipinski definition) is 2. The van der Waals surface area contributed by atoms with Gasteiger partial charge < -0.3 is 10.6 Å². The number of aryl methyl sites for hydroxylation is 1. The number of amides is 2. The summed E-state index contributed by atoms with van der Waals surface area (Å²) in [6.45, 7) is 5.85. The number of rotatable bonds is 5. The summed E-state index contributed by atoms with van der Waals surface area (Å²) in [5.41, 5.74) is 2.48. The third kappa shape index (κ3) is 4.19. The summed E-state index contributed by atoms with van der Waals surface area (Å²) in [5.74, 6) is -0.396. The Morgan fingerprint density at radius 2 is 1.57 bits per heavy atom. The molecule has 4 heteroatoms. The van der Waals surface area contributed by atoms with E-state index in [1.165, 1.54) is 0 Å². The lowest BCUT2D eigenvalue weighted by molar-refractivity contribution is 0.0940. The molecule has 2 aromatic rings. The zero-order valence-electron chi connectivity index (χ0n) is 13.7. The van der Waals surface area contributed by atoms with Crippen molar-refractivity contribution in [2.24, 2.45) is 0 Å². The summed E-state index contributed by atoms with van der Waals surface area (Å²) in [6.07, 6.45) is 0.851. The molecule has 1 atom stereocenters. The third-order valence-corrected chi connectivity index (χ3v) is 3.80. The van der Waals surface area contributed by atoms with Gasteiger partial charge in [-0.25, -0.2) is 0 Å². The van der Waals surface area contributed by atoms with Crippen molar-refractivity contribution < 1.29 is 9.59 Å². The Morgan fingerprint density at radius 3 is 2.22 bits per heavy atom. The van der Waals surface area contributed by atoms with Crippen LogP contribution in [0, 0.1) is 6.92 Å². The van der Waals surface area contributed by atoms with Crippen LogP contribution in [-0.2, 0) is 0 Å². The van der Waals surface area contributed by atoms with Gasteiger partial charge in [-0.05, 0) is 44.0 Å². The Labute approximate surface area is 136 Å². The van der Waals surface area contributed by atoms with Crippen LogP contribution in [0.2, 0.25) is 0 Å². The predicted octanol–water partition coefficient (Wildman–Crippen LogP) is 3.78. The minimum atomic E-state index is -0.216. The van der Waals surface area contributed by atoms with Crippen LogP contribution >= 0.6 is 0 Å². The van der Waals surface area contributed by atoms with E-state index in [1.807, 2.05) is 39.0 Å². The molecule has 2 amide bonds. The Bertz CT molecular complexity index is 710. The Morgan fingerprint density at radius 1 is 0.957 bits per heavy atom. The maximum atomic E-state index is 12.4. The Balaban J connectivity index is 2.22. The number of nitrogens with one attached hydrogen (secondary N) is 2. The molecule has 0 saturated heterocycles. The summed E-state index contributed by atoms with van der Waals surface area (Å²) in [4.78, 5) is 24.8. The van der Waals surface area contributed by atoms with E-state index in [1.54, 1.807) is 30.3 Å². The highest BCUT2D eigenvalue weighted by Crippen LogP contribution is 2.17. The molecule has 0 heterocycles. The lowest BCUT2D eigenvalue weighted by Gasteiger charge is -2.15. The van der Waals surface area contributed by atoms with Crippen molar-refractivity contribution in [3.8, 4) is 0 Å². The molecule has 2 aromatic carbocycles. The van der Waals surface area contributed by atoms with Gasteiger partial charge >= 0.3 is 0 Å². The van der Waals surface area contributed by atoms with E-state index < -0.39 is 0 Å². The van der Waals surface area contributed by atoms with Crippen LogP contribution in [0.1, 0.15) is 46.5 Å². The van der Waals surface area contributed by atoms with Crippen LogP contribution in [0.3, 0.4) is 0 Å². The van der Waals surface area contributed by atoms with E-state index in [4.69, 9.17) is 0 Å². The molecule has 0 bridgehead atoms. The Hall–Kier alpha value is -2.62. The molecule has 0 aliphatic rings. The first kappa shape index (κ1) is 16.7. The maximum absolute atomic E-state index is 12.4. The third-order valence-electron chi connectivity index (χ3n) is 3.80. The molecular formula is C19H22N2O2. The number of anilines is 1. The number of para-hydroxylation sites is 1. The van der Waals surface area contributed by atoms with Gasteiger partial charge in [0, 0.05) is 11.6 Å². The molecule has 0 saturated carbocycles. The number of carbonyl (C=O) groups excluding carboxylic acids is 2. The van der Waals surface area contributed by atoms with Crippen molar-refractivity contribution in [2.75, 3.05) is 5.32 Å². The fourth-order valence-electron chi connectivity index (χ4n) is 2.21. The molecule has 0 spiro atoms.